The number of imidazole rings is 1. The second-order valence-electron chi connectivity index (χ2n) is 11.8. The van der Waals surface area contributed by atoms with Gasteiger partial charge in [-0.3, -0.25) is 9.59 Å². The molecule has 0 saturated heterocycles. The Bertz CT molecular complexity index is 2110. The highest BCUT2D eigenvalue weighted by molar-refractivity contribution is 6.42. The molecule has 0 amide bonds. The van der Waals surface area contributed by atoms with Gasteiger partial charge in [-0.05, 0) is 27.8 Å². The van der Waals surface area contributed by atoms with Gasteiger partial charge >= 0.3 is 5.97 Å². The molecule has 46 heavy (non-hydrogen) atoms. The highest BCUT2D eigenvalue weighted by Crippen LogP contribution is 2.54. The second-order valence-corrected chi connectivity index (χ2v) is 12.6. The zero-order chi connectivity index (χ0) is 32.6. The molecule has 0 bridgehead atoms. The summed E-state index contributed by atoms with van der Waals surface area (Å²) in [5.41, 5.74) is 4.68. The summed E-state index contributed by atoms with van der Waals surface area (Å²) in [7, 11) is 1.95. The largest absolute Gasteiger partial charge is 0.481 e. The summed E-state index contributed by atoms with van der Waals surface area (Å²) in [6, 6.07) is 20.5. The van der Waals surface area contributed by atoms with Crippen molar-refractivity contribution in [1.29, 1.82) is 0 Å². The molecule has 0 saturated carbocycles. The first-order chi connectivity index (χ1) is 22.1. The summed E-state index contributed by atoms with van der Waals surface area (Å²) in [5.74, 6) is 0.0355. The van der Waals surface area contributed by atoms with Gasteiger partial charge in [-0.15, -0.1) is 0 Å². The number of nitrogens with zero attached hydrogens (tertiary/aromatic N) is 3. The molecule has 0 spiro atoms. The van der Waals surface area contributed by atoms with Crippen molar-refractivity contribution in [3.05, 3.63) is 112 Å². The molecule has 9 heteroatoms. The van der Waals surface area contributed by atoms with Crippen LogP contribution >= 0.6 is 23.2 Å². The minimum Gasteiger partial charge on any atom is -0.481 e. The first-order valence-corrected chi connectivity index (χ1v) is 15.8. The standard InChI is InChI=1S/C37H33Cl2N3O4/c1-37(2)32(15-5-4-6-16-33-40(3)30-21-28(38)29(39)22-31(30)41(33)19-20-46-23-43)42(18-17-34(44)45)36-27-14-10-8-12-25(27)24-11-7-9-13-26(24)35(36)37/h4-16,21-23H,17-20H2,1-3H3/p+1. The predicted molar refractivity (Wildman–Crippen MR) is 185 cm³/mol. The molecule has 0 unspecified atom stereocenters. The number of aromatic nitrogens is 2. The van der Waals surface area contributed by atoms with Crippen LogP contribution in [0.2, 0.25) is 10.0 Å². The van der Waals surface area contributed by atoms with Crippen LogP contribution in [0.5, 0.6) is 0 Å². The van der Waals surface area contributed by atoms with E-state index in [2.05, 4.69) is 61.2 Å². The highest BCUT2D eigenvalue weighted by atomic mass is 35.5. The van der Waals surface area contributed by atoms with E-state index in [1.54, 1.807) is 0 Å². The van der Waals surface area contributed by atoms with Gasteiger partial charge in [-0.1, -0.05) is 104 Å². The molecular formula is C37H34Cl2N3O4+. The smallest absolute Gasteiger partial charge is 0.305 e. The lowest BCUT2D eigenvalue weighted by atomic mass is 9.80. The van der Waals surface area contributed by atoms with Gasteiger partial charge in [-0.25, -0.2) is 9.13 Å². The highest BCUT2D eigenvalue weighted by Gasteiger charge is 2.42. The molecule has 0 aliphatic carbocycles. The fourth-order valence-electron chi connectivity index (χ4n) is 6.78. The number of anilines is 1. The third-order valence-electron chi connectivity index (χ3n) is 8.79. The average molecular weight is 656 g/mol. The summed E-state index contributed by atoms with van der Waals surface area (Å²) < 4.78 is 9.04. The fourth-order valence-corrected chi connectivity index (χ4v) is 7.10. The Hall–Kier alpha value is -4.59. The van der Waals surface area contributed by atoms with E-state index in [0.29, 0.717) is 29.6 Å². The van der Waals surface area contributed by atoms with Crippen molar-refractivity contribution < 1.29 is 24.0 Å². The number of carboxylic acids is 1. The van der Waals surface area contributed by atoms with Crippen LogP contribution in [0.1, 0.15) is 31.7 Å². The molecule has 0 atom stereocenters. The summed E-state index contributed by atoms with van der Waals surface area (Å²) in [6.07, 6.45) is 9.99. The first-order valence-electron chi connectivity index (χ1n) is 15.1. The number of carbonyl (C=O) groups is 2. The number of ether oxygens (including phenoxy) is 1. The van der Waals surface area contributed by atoms with Gasteiger partial charge in [-0.2, -0.15) is 0 Å². The summed E-state index contributed by atoms with van der Waals surface area (Å²) in [5, 5.41) is 15.2. The minimum absolute atomic E-state index is 0.0144. The average Bonchev–Trinajstić information content (AvgIpc) is 3.42. The molecular weight excluding hydrogens is 621 g/mol. The molecule has 2 heterocycles. The number of aryl methyl sites for hydroxylation is 1. The number of carboxylic acid groups (broad SMARTS) is 1. The molecule has 5 aromatic rings. The molecule has 6 rings (SSSR count). The number of benzene rings is 4. The fraction of sp³-hybridized carbons (Fsp3) is 0.216. The normalized spacial score (nSPS) is 15.2. The van der Waals surface area contributed by atoms with E-state index < -0.39 is 5.97 Å². The van der Waals surface area contributed by atoms with Crippen LogP contribution in [0, 0.1) is 0 Å². The molecule has 1 N–H and O–H groups in total. The zero-order valence-electron chi connectivity index (χ0n) is 25.8. The monoisotopic (exact) mass is 654 g/mol. The third kappa shape index (κ3) is 5.44. The van der Waals surface area contributed by atoms with Crippen LogP contribution in [-0.4, -0.2) is 35.3 Å². The van der Waals surface area contributed by atoms with Crippen molar-refractivity contribution in [2.75, 3.05) is 18.1 Å². The lowest BCUT2D eigenvalue weighted by molar-refractivity contribution is -0.647. The van der Waals surface area contributed by atoms with Crippen LogP contribution < -0.4 is 9.47 Å². The Morgan fingerprint density at radius 2 is 1.59 bits per heavy atom. The summed E-state index contributed by atoms with van der Waals surface area (Å²) in [4.78, 5) is 24.8. The van der Waals surface area contributed by atoms with Crippen molar-refractivity contribution in [1.82, 2.24) is 4.57 Å². The predicted octanol–water partition coefficient (Wildman–Crippen LogP) is 7.98. The van der Waals surface area contributed by atoms with Crippen molar-refractivity contribution in [3.8, 4) is 0 Å². The second kappa shape index (κ2) is 12.7. The molecule has 1 aromatic heterocycles. The van der Waals surface area contributed by atoms with E-state index in [0.717, 1.165) is 39.0 Å². The molecule has 4 aromatic carbocycles. The van der Waals surface area contributed by atoms with E-state index in [9.17, 15) is 14.7 Å². The first kappa shape index (κ1) is 31.4. The van der Waals surface area contributed by atoms with Gasteiger partial charge < -0.3 is 14.7 Å². The van der Waals surface area contributed by atoms with Crippen molar-refractivity contribution in [3.63, 3.8) is 0 Å². The maximum atomic E-state index is 11.8. The van der Waals surface area contributed by atoms with Gasteiger partial charge in [0.15, 0.2) is 11.0 Å². The minimum atomic E-state index is -0.835. The van der Waals surface area contributed by atoms with E-state index >= 15 is 0 Å². The summed E-state index contributed by atoms with van der Waals surface area (Å²) >= 11 is 12.7. The van der Waals surface area contributed by atoms with Gasteiger partial charge in [0.2, 0.25) is 0 Å². The Kier molecular flexibility index (Phi) is 8.64. The number of rotatable bonds is 10. The molecule has 7 nitrogen and oxygen atoms in total. The lowest BCUT2D eigenvalue weighted by Gasteiger charge is -2.26. The molecule has 234 valence electrons. The molecule has 1 aliphatic heterocycles. The van der Waals surface area contributed by atoms with Crippen LogP contribution in [-0.2, 0) is 33.3 Å². The van der Waals surface area contributed by atoms with Crippen LogP contribution in [0.25, 0.3) is 38.7 Å². The Morgan fingerprint density at radius 3 is 2.28 bits per heavy atom. The SMILES string of the molecule is C[n+]1c(/C=C/C=C/C=C2\N(CCC(=O)O)c3c(c4ccccc4c4ccccc34)C2(C)C)n(CCOC=O)c2cc(Cl)c(Cl)cc21. The topological polar surface area (TPSA) is 75.7 Å². The van der Waals surface area contributed by atoms with Crippen LogP contribution in [0.4, 0.5) is 5.69 Å². The van der Waals surface area contributed by atoms with Gasteiger partial charge in [0.25, 0.3) is 12.3 Å². The molecule has 0 fully saturated rings. The number of allylic oxidation sites excluding steroid dienone is 5. The maximum absolute atomic E-state index is 11.8. The van der Waals surface area contributed by atoms with Gasteiger partial charge in [0.05, 0.1) is 29.2 Å². The Balaban J connectivity index is 1.42. The lowest BCUT2D eigenvalue weighted by Crippen LogP contribution is -2.31. The summed E-state index contributed by atoms with van der Waals surface area (Å²) in [6.45, 7) is 5.86. The quantitative estimate of drug-likeness (QED) is 0.0543. The Labute approximate surface area is 277 Å². The van der Waals surface area contributed by atoms with Crippen LogP contribution in [0.15, 0.2) is 90.7 Å². The van der Waals surface area contributed by atoms with E-state index in [-0.39, 0.29) is 18.4 Å². The number of fused-ring (bicyclic) bond motifs is 7. The zero-order valence-corrected chi connectivity index (χ0v) is 27.3. The Morgan fingerprint density at radius 1 is 0.935 bits per heavy atom. The van der Waals surface area contributed by atoms with E-state index in [4.69, 9.17) is 27.9 Å². The van der Waals surface area contributed by atoms with E-state index in [1.165, 1.54) is 16.3 Å². The van der Waals surface area contributed by atoms with Gasteiger partial charge in [0.1, 0.15) is 13.2 Å². The molecule has 1 aliphatic rings. The van der Waals surface area contributed by atoms with Crippen molar-refractivity contribution in [2.24, 2.45) is 7.05 Å². The van der Waals surface area contributed by atoms with E-state index in [1.807, 2.05) is 64.8 Å². The van der Waals surface area contributed by atoms with Crippen molar-refractivity contribution in [2.45, 2.75) is 32.2 Å². The number of halogens is 2. The molecule has 0 radical (unpaired) electrons. The van der Waals surface area contributed by atoms with Crippen molar-refractivity contribution >= 4 is 80.0 Å². The van der Waals surface area contributed by atoms with Gasteiger partial charge in [0, 0.05) is 41.3 Å². The number of carbonyl (C=O) groups excluding carboxylic acids is 1. The van der Waals surface area contributed by atoms with Crippen LogP contribution in [0.3, 0.4) is 0 Å². The number of aliphatic carboxylic acids is 1. The third-order valence-corrected chi connectivity index (χ3v) is 9.52. The number of hydrogen-bond donors (Lipinski definition) is 1. The maximum Gasteiger partial charge on any atom is 0.305 e. The number of hydrogen-bond acceptors (Lipinski definition) is 4.